The minimum atomic E-state index is -0.0445. The highest BCUT2D eigenvalue weighted by Crippen LogP contribution is 2.52. The highest BCUT2D eigenvalue weighted by molar-refractivity contribution is 6.05. The van der Waals surface area contributed by atoms with E-state index in [0.29, 0.717) is 11.5 Å². The van der Waals surface area contributed by atoms with E-state index in [1.54, 1.807) is 10.9 Å². The van der Waals surface area contributed by atoms with Crippen molar-refractivity contribution in [1.82, 2.24) is 20.1 Å². The fourth-order valence-electron chi connectivity index (χ4n) is 4.26. The number of amides is 1. The summed E-state index contributed by atoms with van der Waals surface area (Å²) in [7, 11) is 1.84. The summed E-state index contributed by atoms with van der Waals surface area (Å²) in [4.78, 5) is 17.4. The lowest BCUT2D eigenvalue weighted by atomic mass is 9.57. The van der Waals surface area contributed by atoms with E-state index in [0.717, 1.165) is 29.8 Å². The van der Waals surface area contributed by atoms with Crippen molar-refractivity contribution in [2.24, 2.45) is 18.4 Å². The molecule has 0 radical (unpaired) electrons. The molecular weight excluding hydrogens is 292 g/mol. The van der Waals surface area contributed by atoms with E-state index in [-0.39, 0.29) is 23.5 Å². The van der Waals surface area contributed by atoms with Crippen molar-refractivity contribution < 1.29 is 9.53 Å². The predicted molar refractivity (Wildman–Crippen MR) is 86.1 cm³/mol. The number of aromatic nitrogens is 3. The van der Waals surface area contributed by atoms with E-state index in [9.17, 15) is 4.79 Å². The summed E-state index contributed by atoms with van der Waals surface area (Å²) < 4.78 is 7.50. The van der Waals surface area contributed by atoms with Crippen LogP contribution >= 0.6 is 0 Å². The molecule has 1 aliphatic carbocycles. The van der Waals surface area contributed by atoms with Crippen LogP contribution in [0.4, 0.5) is 0 Å². The Balaban J connectivity index is 1.65. The van der Waals surface area contributed by atoms with Gasteiger partial charge in [0.25, 0.3) is 5.91 Å². The molecule has 0 aromatic carbocycles. The third kappa shape index (κ3) is 2.01. The van der Waals surface area contributed by atoms with Crippen LogP contribution in [0.15, 0.2) is 12.3 Å². The van der Waals surface area contributed by atoms with Crippen molar-refractivity contribution in [3.05, 3.63) is 23.5 Å². The zero-order valence-electron chi connectivity index (χ0n) is 14.0. The summed E-state index contributed by atoms with van der Waals surface area (Å²) in [6.45, 7) is 7.04. The number of carbonyl (C=O) groups excluding carboxylic acids is 1. The summed E-state index contributed by atoms with van der Waals surface area (Å²) in [6, 6.07) is 2.00. The fraction of sp³-hybridized carbons (Fsp3) is 0.588. The summed E-state index contributed by atoms with van der Waals surface area (Å²) in [5, 5.41) is 8.27. The molecule has 1 saturated carbocycles. The average Bonchev–Trinajstić information content (AvgIpc) is 3.10. The van der Waals surface area contributed by atoms with Crippen LogP contribution in [-0.4, -0.2) is 39.4 Å². The highest BCUT2D eigenvalue weighted by atomic mass is 16.5. The Morgan fingerprint density at radius 3 is 3.04 bits per heavy atom. The zero-order valence-corrected chi connectivity index (χ0v) is 14.0. The number of pyridine rings is 1. The van der Waals surface area contributed by atoms with Gasteiger partial charge in [0.2, 0.25) is 0 Å². The Labute approximate surface area is 135 Å². The molecule has 1 aliphatic heterocycles. The van der Waals surface area contributed by atoms with Crippen LogP contribution in [-0.2, 0) is 11.8 Å². The van der Waals surface area contributed by atoms with Crippen LogP contribution < -0.4 is 5.32 Å². The first-order valence-corrected chi connectivity index (χ1v) is 8.11. The molecule has 1 N–H and O–H groups in total. The summed E-state index contributed by atoms with van der Waals surface area (Å²) in [6.07, 6.45) is 3.01. The maximum absolute atomic E-state index is 12.9. The van der Waals surface area contributed by atoms with Crippen molar-refractivity contribution in [2.45, 2.75) is 39.3 Å². The van der Waals surface area contributed by atoms with Crippen LogP contribution in [0.25, 0.3) is 11.0 Å². The molecule has 4 rings (SSSR count). The van der Waals surface area contributed by atoms with Crippen LogP contribution in [0.5, 0.6) is 0 Å². The molecule has 3 heterocycles. The van der Waals surface area contributed by atoms with E-state index in [2.05, 4.69) is 29.2 Å². The SMILES string of the molecule is Cc1cc(C(=O)N[C@@H]2[C@H]3CCO[C@@H]3C2(C)C)c2cnn(C)c2n1. The van der Waals surface area contributed by atoms with Crippen LogP contribution in [0, 0.1) is 18.3 Å². The summed E-state index contributed by atoms with van der Waals surface area (Å²) >= 11 is 0. The number of rotatable bonds is 2. The highest BCUT2D eigenvalue weighted by Gasteiger charge is 2.59. The second-order valence-corrected chi connectivity index (χ2v) is 7.33. The van der Waals surface area contributed by atoms with Crippen molar-refractivity contribution in [2.75, 3.05) is 6.61 Å². The average molecular weight is 314 g/mol. The number of hydrogen-bond acceptors (Lipinski definition) is 4. The van der Waals surface area contributed by atoms with Crippen LogP contribution in [0.2, 0.25) is 0 Å². The lowest BCUT2D eigenvalue weighted by molar-refractivity contribution is -0.108. The minimum absolute atomic E-state index is 0.0209. The summed E-state index contributed by atoms with van der Waals surface area (Å²) in [5.41, 5.74) is 2.19. The molecule has 6 heteroatoms. The second kappa shape index (κ2) is 4.77. The molecule has 6 nitrogen and oxygen atoms in total. The van der Waals surface area contributed by atoms with Gasteiger partial charge in [-0.05, 0) is 19.4 Å². The molecule has 1 saturated heterocycles. The molecule has 122 valence electrons. The predicted octanol–water partition coefficient (Wildman–Crippen LogP) is 1.82. The molecule has 0 bridgehead atoms. The normalized spacial score (nSPS) is 28.4. The van der Waals surface area contributed by atoms with Crippen molar-refractivity contribution in [3.63, 3.8) is 0 Å². The molecule has 2 aromatic rings. The van der Waals surface area contributed by atoms with Gasteiger partial charge in [-0.15, -0.1) is 0 Å². The van der Waals surface area contributed by atoms with E-state index < -0.39 is 0 Å². The largest absolute Gasteiger partial charge is 0.377 e. The molecule has 0 spiro atoms. The minimum Gasteiger partial charge on any atom is -0.377 e. The molecule has 1 amide bonds. The second-order valence-electron chi connectivity index (χ2n) is 7.33. The lowest BCUT2D eigenvalue weighted by Crippen LogP contribution is -2.66. The quantitative estimate of drug-likeness (QED) is 0.918. The molecule has 2 aromatic heterocycles. The van der Waals surface area contributed by atoms with Crippen LogP contribution in [0.3, 0.4) is 0 Å². The maximum atomic E-state index is 12.9. The fourth-order valence-corrected chi connectivity index (χ4v) is 4.26. The molecule has 23 heavy (non-hydrogen) atoms. The van der Waals surface area contributed by atoms with Gasteiger partial charge >= 0.3 is 0 Å². The van der Waals surface area contributed by atoms with E-state index in [4.69, 9.17) is 4.74 Å². The van der Waals surface area contributed by atoms with Gasteiger partial charge < -0.3 is 10.1 Å². The number of aryl methyl sites for hydroxylation is 2. The Morgan fingerprint density at radius 2 is 2.26 bits per heavy atom. The number of nitrogens with one attached hydrogen (secondary N) is 1. The number of carbonyl (C=O) groups is 1. The van der Waals surface area contributed by atoms with Crippen molar-refractivity contribution >= 4 is 16.9 Å². The number of hydrogen-bond donors (Lipinski definition) is 1. The van der Waals surface area contributed by atoms with E-state index in [1.807, 2.05) is 20.0 Å². The number of fused-ring (bicyclic) bond motifs is 2. The van der Waals surface area contributed by atoms with E-state index in [1.165, 1.54) is 0 Å². The van der Waals surface area contributed by atoms with Gasteiger partial charge in [0.05, 0.1) is 23.3 Å². The molecule has 2 aliphatic rings. The van der Waals surface area contributed by atoms with Gasteiger partial charge in [0.15, 0.2) is 5.65 Å². The van der Waals surface area contributed by atoms with Gasteiger partial charge in [-0.3, -0.25) is 9.48 Å². The topological polar surface area (TPSA) is 69.0 Å². The monoisotopic (exact) mass is 314 g/mol. The zero-order chi connectivity index (χ0) is 16.4. The summed E-state index contributed by atoms with van der Waals surface area (Å²) in [5.74, 6) is 0.387. The Hall–Kier alpha value is -1.95. The molecule has 3 atom stereocenters. The third-order valence-electron chi connectivity index (χ3n) is 5.46. The van der Waals surface area contributed by atoms with Gasteiger partial charge in [-0.2, -0.15) is 5.10 Å². The van der Waals surface area contributed by atoms with Gasteiger partial charge in [-0.25, -0.2) is 4.98 Å². The van der Waals surface area contributed by atoms with E-state index >= 15 is 0 Å². The Kier molecular flexibility index (Phi) is 3.04. The lowest BCUT2D eigenvalue weighted by Gasteiger charge is -2.54. The standard InChI is InChI=1S/C17H22N4O2/c1-9-7-11(12-8-18-21(4)15(12)19-9)16(22)20-13-10-5-6-23-14(10)17(13,2)3/h7-8,10,13-14H,5-6H2,1-4H3,(H,20,22)/t10-,13-,14+/m1/s1. The Morgan fingerprint density at radius 1 is 1.48 bits per heavy atom. The number of ether oxygens (including phenoxy) is 1. The van der Waals surface area contributed by atoms with Crippen LogP contribution in [0.1, 0.15) is 36.3 Å². The first kappa shape index (κ1) is 14.6. The molecule has 2 fully saturated rings. The van der Waals surface area contributed by atoms with Crippen molar-refractivity contribution in [3.8, 4) is 0 Å². The van der Waals surface area contributed by atoms with Crippen molar-refractivity contribution in [1.29, 1.82) is 0 Å². The first-order chi connectivity index (χ1) is 10.9. The number of nitrogens with zero attached hydrogens (tertiary/aromatic N) is 3. The smallest absolute Gasteiger partial charge is 0.252 e. The molecule has 0 unspecified atom stereocenters. The molecular formula is C17H22N4O2. The van der Waals surface area contributed by atoms with Gasteiger partial charge in [-0.1, -0.05) is 13.8 Å². The Bertz CT molecular complexity index is 795. The first-order valence-electron chi connectivity index (χ1n) is 8.11. The van der Waals surface area contributed by atoms with Gasteiger partial charge in [0.1, 0.15) is 0 Å². The van der Waals surface area contributed by atoms with Gasteiger partial charge in [0, 0.05) is 36.7 Å². The third-order valence-corrected chi connectivity index (χ3v) is 5.46. The maximum Gasteiger partial charge on any atom is 0.252 e.